The lowest BCUT2D eigenvalue weighted by molar-refractivity contribution is 1.04. The van der Waals surface area contributed by atoms with Gasteiger partial charge in [0, 0.05) is 31.4 Å². The summed E-state index contributed by atoms with van der Waals surface area (Å²) in [5.74, 6) is 0.945. The third kappa shape index (κ3) is 2.94. The minimum absolute atomic E-state index is 0.741. The molecule has 2 aromatic rings. The second kappa shape index (κ2) is 5.14. The molecule has 0 amide bonds. The normalized spacial score (nSPS) is 10.3. The van der Waals surface area contributed by atoms with Gasteiger partial charge in [-0.05, 0) is 19.1 Å². The molecule has 2 rings (SSSR count). The molecule has 0 saturated heterocycles. The van der Waals surface area contributed by atoms with Crippen molar-refractivity contribution >= 4 is 22.8 Å². The van der Waals surface area contributed by atoms with Crippen LogP contribution in [-0.2, 0) is 6.54 Å². The Balaban J connectivity index is 2.08. The summed E-state index contributed by atoms with van der Waals surface area (Å²) in [4.78, 5) is 10.8. The SMILES string of the molecule is Cc1csc(CNc2cccnc2N(C)C)n1. The van der Waals surface area contributed by atoms with Crippen LogP contribution in [0.3, 0.4) is 0 Å². The number of anilines is 2. The molecule has 4 nitrogen and oxygen atoms in total. The van der Waals surface area contributed by atoms with Crippen LogP contribution in [0.1, 0.15) is 10.7 Å². The Morgan fingerprint density at radius 2 is 2.24 bits per heavy atom. The van der Waals surface area contributed by atoms with Crippen LogP contribution in [0.25, 0.3) is 0 Å². The van der Waals surface area contributed by atoms with Crippen molar-refractivity contribution in [3.63, 3.8) is 0 Å². The van der Waals surface area contributed by atoms with Gasteiger partial charge in [0.25, 0.3) is 0 Å². The molecule has 0 atom stereocenters. The van der Waals surface area contributed by atoms with Gasteiger partial charge in [-0.1, -0.05) is 0 Å². The maximum Gasteiger partial charge on any atom is 0.151 e. The smallest absolute Gasteiger partial charge is 0.151 e. The fourth-order valence-electron chi connectivity index (χ4n) is 1.55. The minimum atomic E-state index is 0.741. The monoisotopic (exact) mass is 248 g/mol. The van der Waals surface area contributed by atoms with Gasteiger partial charge in [-0.25, -0.2) is 9.97 Å². The second-order valence-electron chi connectivity index (χ2n) is 4.01. The topological polar surface area (TPSA) is 41.1 Å². The molecule has 0 spiro atoms. The van der Waals surface area contributed by atoms with E-state index in [1.165, 1.54) is 0 Å². The molecule has 2 aromatic heterocycles. The van der Waals surface area contributed by atoms with Gasteiger partial charge in [-0.3, -0.25) is 0 Å². The molecule has 2 heterocycles. The van der Waals surface area contributed by atoms with E-state index in [1.54, 1.807) is 17.5 Å². The number of pyridine rings is 1. The molecule has 0 aromatic carbocycles. The highest BCUT2D eigenvalue weighted by Crippen LogP contribution is 2.21. The largest absolute Gasteiger partial charge is 0.376 e. The van der Waals surface area contributed by atoms with Crippen LogP contribution in [0.2, 0.25) is 0 Å². The van der Waals surface area contributed by atoms with Crippen molar-refractivity contribution in [1.82, 2.24) is 9.97 Å². The third-order valence-electron chi connectivity index (χ3n) is 2.31. The summed E-state index contributed by atoms with van der Waals surface area (Å²) < 4.78 is 0. The van der Waals surface area contributed by atoms with Gasteiger partial charge < -0.3 is 10.2 Å². The summed E-state index contributed by atoms with van der Waals surface area (Å²) in [6.45, 7) is 2.75. The second-order valence-corrected chi connectivity index (χ2v) is 4.95. The van der Waals surface area contributed by atoms with Gasteiger partial charge in [0.15, 0.2) is 5.82 Å². The van der Waals surface area contributed by atoms with Gasteiger partial charge in [0.05, 0.1) is 12.2 Å². The van der Waals surface area contributed by atoms with E-state index < -0.39 is 0 Å². The lowest BCUT2D eigenvalue weighted by Gasteiger charge is -2.16. The van der Waals surface area contributed by atoms with Crippen molar-refractivity contribution in [2.45, 2.75) is 13.5 Å². The lowest BCUT2D eigenvalue weighted by atomic mass is 10.3. The molecule has 0 unspecified atom stereocenters. The van der Waals surface area contributed by atoms with Crippen molar-refractivity contribution < 1.29 is 0 Å². The Kier molecular flexibility index (Phi) is 3.58. The molecular formula is C12H16N4S. The molecule has 0 saturated carbocycles. The van der Waals surface area contributed by atoms with Crippen molar-refractivity contribution in [3.8, 4) is 0 Å². The summed E-state index contributed by atoms with van der Waals surface area (Å²) >= 11 is 1.68. The molecular weight excluding hydrogens is 232 g/mol. The van der Waals surface area contributed by atoms with E-state index >= 15 is 0 Å². The van der Waals surface area contributed by atoms with Gasteiger partial charge in [0.1, 0.15) is 5.01 Å². The first-order valence-corrected chi connectivity index (χ1v) is 6.32. The molecule has 0 aliphatic heterocycles. The fourth-order valence-corrected chi connectivity index (χ4v) is 2.26. The zero-order valence-corrected chi connectivity index (χ0v) is 11.1. The number of thiazole rings is 1. The van der Waals surface area contributed by atoms with Crippen LogP contribution in [0.15, 0.2) is 23.7 Å². The van der Waals surface area contributed by atoms with E-state index in [9.17, 15) is 0 Å². The van der Waals surface area contributed by atoms with Crippen LogP contribution in [0.5, 0.6) is 0 Å². The van der Waals surface area contributed by atoms with Crippen molar-refractivity contribution in [2.24, 2.45) is 0 Å². The molecule has 0 bridgehead atoms. The van der Waals surface area contributed by atoms with Gasteiger partial charge in [-0.2, -0.15) is 0 Å². The predicted octanol–water partition coefficient (Wildman–Crippen LogP) is 2.52. The number of hydrogen-bond acceptors (Lipinski definition) is 5. The van der Waals surface area contributed by atoms with Gasteiger partial charge in [-0.15, -0.1) is 11.3 Å². The van der Waals surface area contributed by atoms with Crippen LogP contribution < -0.4 is 10.2 Å². The highest BCUT2D eigenvalue weighted by Gasteiger charge is 2.05. The number of aryl methyl sites for hydroxylation is 1. The van der Waals surface area contributed by atoms with Gasteiger partial charge >= 0.3 is 0 Å². The number of rotatable bonds is 4. The first kappa shape index (κ1) is 11.9. The van der Waals surface area contributed by atoms with Crippen molar-refractivity contribution in [3.05, 3.63) is 34.4 Å². The molecule has 17 heavy (non-hydrogen) atoms. The molecule has 90 valence electrons. The first-order chi connectivity index (χ1) is 8.16. The summed E-state index contributed by atoms with van der Waals surface area (Å²) in [5, 5.41) is 6.52. The average molecular weight is 248 g/mol. The first-order valence-electron chi connectivity index (χ1n) is 5.44. The number of nitrogens with one attached hydrogen (secondary N) is 1. The van der Waals surface area contributed by atoms with E-state index in [4.69, 9.17) is 0 Å². The van der Waals surface area contributed by atoms with Crippen molar-refractivity contribution in [2.75, 3.05) is 24.3 Å². The summed E-state index contributed by atoms with van der Waals surface area (Å²) in [5.41, 5.74) is 2.11. The number of aromatic nitrogens is 2. The predicted molar refractivity (Wildman–Crippen MR) is 72.7 cm³/mol. The molecule has 5 heteroatoms. The molecule has 0 aliphatic rings. The zero-order valence-electron chi connectivity index (χ0n) is 10.3. The van der Waals surface area contributed by atoms with Crippen LogP contribution in [0, 0.1) is 6.92 Å². The van der Waals surface area contributed by atoms with E-state index in [0.717, 1.165) is 28.8 Å². The van der Waals surface area contributed by atoms with Crippen LogP contribution in [0.4, 0.5) is 11.5 Å². The maximum atomic E-state index is 4.42. The number of hydrogen-bond donors (Lipinski definition) is 1. The molecule has 0 aliphatic carbocycles. The maximum absolute atomic E-state index is 4.42. The minimum Gasteiger partial charge on any atom is -0.376 e. The summed E-state index contributed by atoms with van der Waals surface area (Å²) in [6, 6.07) is 3.96. The third-order valence-corrected chi connectivity index (χ3v) is 3.27. The molecule has 0 radical (unpaired) electrons. The molecule has 1 N–H and O–H groups in total. The Hall–Kier alpha value is -1.62. The fraction of sp³-hybridized carbons (Fsp3) is 0.333. The highest BCUT2D eigenvalue weighted by atomic mass is 32.1. The van der Waals surface area contributed by atoms with E-state index in [2.05, 4.69) is 20.7 Å². The van der Waals surface area contributed by atoms with Gasteiger partial charge in [0.2, 0.25) is 0 Å². The highest BCUT2D eigenvalue weighted by molar-refractivity contribution is 7.09. The lowest BCUT2D eigenvalue weighted by Crippen LogP contribution is -2.13. The Morgan fingerprint density at radius 1 is 1.41 bits per heavy atom. The zero-order chi connectivity index (χ0) is 12.3. The Morgan fingerprint density at radius 3 is 2.88 bits per heavy atom. The summed E-state index contributed by atoms with van der Waals surface area (Å²) in [6.07, 6.45) is 1.80. The van der Waals surface area contributed by atoms with E-state index in [1.807, 2.05) is 38.1 Å². The Labute approximate surface area is 105 Å². The van der Waals surface area contributed by atoms with Crippen LogP contribution in [-0.4, -0.2) is 24.1 Å². The Bertz CT molecular complexity index is 493. The quantitative estimate of drug-likeness (QED) is 0.902. The summed E-state index contributed by atoms with van der Waals surface area (Å²) in [7, 11) is 3.97. The molecule has 0 fully saturated rings. The number of nitrogens with zero attached hydrogens (tertiary/aromatic N) is 3. The van der Waals surface area contributed by atoms with E-state index in [0.29, 0.717) is 0 Å². The van der Waals surface area contributed by atoms with Crippen LogP contribution >= 0.6 is 11.3 Å². The average Bonchev–Trinajstić information content (AvgIpc) is 2.73. The van der Waals surface area contributed by atoms with Crippen molar-refractivity contribution in [1.29, 1.82) is 0 Å². The van der Waals surface area contributed by atoms with E-state index in [-0.39, 0.29) is 0 Å². The standard InChI is InChI=1S/C12H16N4S/c1-9-8-17-11(15-9)7-14-10-5-4-6-13-12(10)16(2)3/h4-6,8,14H,7H2,1-3H3.